The molecule has 6 nitrogen and oxygen atoms in total. The summed E-state index contributed by atoms with van der Waals surface area (Å²) in [6.45, 7) is 6.14. The number of likely N-dealkylation sites (N-methyl/N-ethyl adjacent to an activating group) is 1. The van der Waals surface area contributed by atoms with Gasteiger partial charge in [-0.25, -0.2) is 0 Å². The number of carbonyl (C=O) groups excluding carboxylic acids is 2. The number of allylic oxidation sites excluding steroid dienone is 1. The third-order valence-electron chi connectivity index (χ3n) is 7.84. The molecule has 2 saturated heterocycles. The Morgan fingerprint density at radius 3 is 2.50 bits per heavy atom. The molecule has 0 spiro atoms. The van der Waals surface area contributed by atoms with Crippen molar-refractivity contribution in [3.63, 3.8) is 0 Å². The number of piperidine rings is 2. The number of carbonyl (C=O) groups is 2. The Labute approximate surface area is 214 Å². The molecule has 1 unspecified atom stereocenters. The summed E-state index contributed by atoms with van der Waals surface area (Å²) in [5.74, 6) is 0.825. The van der Waals surface area contributed by atoms with Crippen LogP contribution in [-0.2, 0) is 16.1 Å². The van der Waals surface area contributed by atoms with Crippen LogP contribution in [0.5, 0.6) is 5.75 Å². The molecule has 0 radical (unpaired) electrons. The molecule has 3 aliphatic rings. The Bertz CT molecular complexity index is 1120. The van der Waals surface area contributed by atoms with Gasteiger partial charge < -0.3 is 9.64 Å². The van der Waals surface area contributed by atoms with E-state index in [4.69, 9.17) is 4.74 Å². The maximum Gasteiger partial charge on any atom is 0.234 e. The normalized spacial score (nSPS) is 23.6. The summed E-state index contributed by atoms with van der Waals surface area (Å²) in [4.78, 5) is 28.5. The topological polar surface area (TPSA) is 61.9 Å². The van der Waals surface area contributed by atoms with E-state index in [1.54, 1.807) is 0 Å². The highest BCUT2D eigenvalue weighted by atomic mass is 16.5. The average molecular weight is 488 g/mol. The summed E-state index contributed by atoms with van der Waals surface area (Å²) in [6.07, 6.45) is 8.75. The zero-order chi connectivity index (χ0) is 25.1. The molecule has 3 heterocycles. The molecule has 2 fully saturated rings. The van der Waals surface area contributed by atoms with Crippen LogP contribution in [0.1, 0.15) is 66.2 Å². The SMILES string of the molecule is Cc1cc(OC2CCN(Cc3ccc([C@H]4CC=CN(C)C4)cc3)CC2)ccc1C1CCC(=O)NC1=O. The minimum atomic E-state index is -0.255. The first kappa shape index (κ1) is 24.6. The van der Waals surface area contributed by atoms with Gasteiger partial charge in [0.05, 0.1) is 5.92 Å². The van der Waals surface area contributed by atoms with Crippen molar-refractivity contribution < 1.29 is 14.3 Å². The first-order valence-corrected chi connectivity index (χ1v) is 13.2. The number of nitrogens with one attached hydrogen (secondary N) is 1. The fraction of sp³-hybridized carbons (Fsp3) is 0.467. The first-order chi connectivity index (χ1) is 17.4. The molecule has 2 atom stereocenters. The number of hydrogen-bond donors (Lipinski definition) is 1. The first-order valence-electron chi connectivity index (χ1n) is 13.2. The van der Waals surface area contributed by atoms with Crippen molar-refractivity contribution in [1.82, 2.24) is 15.1 Å². The minimum absolute atomic E-state index is 0.178. The highest BCUT2D eigenvalue weighted by Gasteiger charge is 2.29. The lowest BCUT2D eigenvalue weighted by atomic mass is 9.88. The quantitative estimate of drug-likeness (QED) is 0.609. The van der Waals surface area contributed by atoms with E-state index < -0.39 is 0 Å². The fourth-order valence-corrected chi connectivity index (χ4v) is 5.76. The third-order valence-corrected chi connectivity index (χ3v) is 7.84. The minimum Gasteiger partial charge on any atom is -0.490 e. The second kappa shape index (κ2) is 10.9. The van der Waals surface area contributed by atoms with Gasteiger partial charge in [0.15, 0.2) is 0 Å². The summed E-state index contributed by atoms with van der Waals surface area (Å²) >= 11 is 0. The van der Waals surface area contributed by atoms with Crippen LogP contribution in [0.15, 0.2) is 54.7 Å². The van der Waals surface area contributed by atoms with Crippen molar-refractivity contribution in [3.8, 4) is 5.75 Å². The smallest absolute Gasteiger partial charge is 0.234 e. The van der Waals surface area contributed by atoms with Gasteiger partial charge in [-0.15, -0.1) is 0 Å². The van der Waals surface area contributed by atoms with Crippen molar-refractivity contribution in [2.24, 2.45) is 0 Å². The van der Waals surface area contributed by atoms with Gasteiger partial charge in [0, 0.05) is 45.6 Å². The zero-order valence-electron chi connectivity index (χ0n) is 21.4. The number of aryl methyl sites for hydroxylation is 1. The van der Waals surface area contributed by atoms with Crippen LogP contribution in [0.25, 0.3) is 0 Å². The maximum atomic E-state index is 12.2. The fourth-order valence-electron chi connectivity index (χ4n) is 5.76. The van der Waals surface area contributed by atoms with Gasteiger partial charge in [-0.3, -0.25) is 19.8 Å². The Balaban J connectivity index is 1.10. The number of nitrogens with zero attached hydrogens (tertiary/aromatic N) is 2. The van der Waals surface area contributed by atoms with Crippen LogP contribution in [0.2, 0.25) is 0 Å². The second-order valence-corrected chi connectivity index (χ2v) is 10.6. The van der Waals surface area contributed by atoms with E-state index in [0.717, 1.165) is 62.3 Å². The number of imide groups is 1. The average Bonchev–Trinajstić information content (AvgIpc) is 2.86. The largest absolute Gasteiger partial charge is 0.490 e. The molecule has 1 N–H and O–H groups in total. The molecule has 0 bridgehead atoms. The molecule has 2 aromatic rings. The lowest BCUT2D eigenvalue weighted by Crippen LogP contribution is -2.39. The molecule has 2 amide bonds. The molecule has 36 heavy (non-hydrogen) atoms. The van der Waals surface area contributed by atoms with Crippen molar-refractivity contribution >= 4 is 11.8 Å². The van der Waals surface area contributed by atoms with Crippen molar-refractivity contribution in [2.75, 3.05) is 26.7 Å². The van der Waals surface area contributed by atoms with Gasteiger partial charge >= 0.3 is 0 Å². The molecule has 190 valence electrons. The molecule has 0 aliphatic carbocycles. The lowest BCUT2D eigenvalue weighted by Gasteiger charge is -2.32. The summed E-state index contributed by atoms with van der Waals surface area (Å²) in [6, 6.07) is 15.2. The van der Waals surface area contributed by atoms with Gasteiger partial charge in [-0.2, -0.15) is 0 Å². The van der Waals surface area contributed by atoms with Crippen LogP contribution in [0.4, 0.5) is 0 Å². The van der Waals surface area contributed by atoms with Gasteiger partial charge in [0.2, 0.25) is 11.8 Å². The second-order valence-electron chi connectivity index (χ2n) is 10.6. The van der Waals surface area contributed by atoms with Crippen LogP contribution in [0.3, 0.4) is 0 Å². The standard InChI is InChI=1S/C30H37N3O3/c1-21-18-26(9-10-27(21)28-11-12-29(34)31-30(28)35)36-25-13-16-33(17-14-25)19-22-5-7-23(8-6-22)24-4-3-15-32(2)20-24/h3,5-10,15,18,24-25,28H,4,11-14,16-17,19-20H2,1-2H3,(H,31,34,35)/t24-,28?/m0/s1. The van der Waals surface area contributed by atoms with Crippen LogP contribution >= 0.6 is 0 Å². The van der Waals surface area contributed by atoms with Crippen LogP contribution in [0, 0.1) is 6.92 Å². The molecule has 2 aromatic carbocycles. The third kappa shape index (κ3) is 5.81. The highest BCUT2D eigenvalue weighted by Crippen LogP contribution is 2.31. The van der Waals surface area contributed by atoms with E-state index in [1.807, 2.05) is 25.1 Å². The van der Waals surface area contributed by atoms with Crippen molar-refractivity contribution in [3.05, 3.63) is 77.0 Å². The number of ether oxygens (including phenoxy) is 1. The predicted octanol–water partition coefficient (Wildman–Crippen LogP) is 4.49. The summed E-state index contributed by atoms with van der Waals surface area (Å²) in [7, 11) is 2.14. The molecule has 6 heteroatoms. The number of hydrogen-bond acceptors (Lipinski definition) is 5. The zero-order valence-corrected chi connectivity index (χ0v) is 21.4. The molecule has 5 rings (SSSR count). The van der Waals surface area contributed by atoms with E-state index in [2.05, 4.69) is 58.7 Å². The highest BCUT2D eigenvalue weighted by molar-refractivity contribution is 6.01. The van der Waals surface area contributed by atoms with Gasteiger partial charge in [-0.05, 0) is 73.2 Å². The van der Waals surface area contributed by atoms with E-state index >= 15 is 0 Å². The van der Waals surface area contributed by atoms with E-state index in [9.17, 15) is 9.59 Å². The molecular formula is C30H37N3O3. The number of rotatable bonds is 6. The van der Waals surface area contributed by atoms with E-state index in [1.165, 1.54) is 11.1 Å². The predicted molar refractivity (Wildman–Crippen MR) is 141 cm³/mol. The van der Waals surface area contributed by atoms with Gasteiger partial charge in [-0.1, -0.05) is 36.4 Å². The van der Waals surface area contributed by atoms with Gasteiger partial charge in [0.25, 0.3) is 0 Å². The molecule has 0 aromatic heterocycles. The van der Waals surface area contributed by atoms with E-state index in [0.29, 0.717) is 18.8 Å². The monoisotopic (exact) mass is 487 g/mol. The van der Waals surface area contributed by atoms with Crippen LogP contribution in [-0.4, -0.2) is 54.4 Å². The Hall–Kier alpha value is -3.12. The summed E-state index contributed by atoms with van der Waals surface area (Å²) in [5.41, 5.74) is 4.83. The Kier molecular flexibility index (Phi) is 7.42. The molecular weight excluding hydrogens is 450 g/mol. The Morgan fingerprint density at radius 1 is 1.03 bits per heavy atom. The Morgan fingerprint density at radius 2 is 1.81 bits per heavy atom. The van der Waals surface area contributed by atoms with E-state index in [-0.39, 0.29) is 23.8 Å². The molecule has 0 saturated carbocycles. The number of benzene rings is 2. The van der Waals surface area contributed by atoms with Crippen molar-refractivity contribution in [1.29, 1.82) is 0 Å². The molecule has 3 aliphatic heterocycles. The summed E-state index contributed by atoms with van der Waals surface area (Å²) < 4.78 is 6.32. The van der Waals surface area contributed by atoms with Gasteiger partial charge in [0.1, 0.15) is 11.9 Å². The number of amides is 2. The van der Waals surface area contributed by atoms with Crippen LogP contribution < -0.4 is 10.1 Å². The maximum absolute atomic E-state index is 12.2. The van der Waals surface area contributed by atoms with Crippen molar-refractivity contribution in [2.45, 2.75) is 63.5 Å². The number of likely N-dealkylation sites (tertiary alicyclic amines) is 1. The lowest BCUT2D eigenvalue weighted by molar-refractivity contribution is -0.134. The summed E-state index contributed by atoms with van der Waals surface area (Å²) in [5, 5.41) is 2.46.